The SMILES string of the molecule is CC(C#N)NC1COC1. The van der Waals surface area contributed by atoms with E-state index in [2.05, 4.69) is 11.4 Å². The third-order valence-corrected chi connectivity index (χ3v) is 1.32. The topological polar surface area (TPSA) is 45.0 Å². The van der Waals surface area contributed by atoms with Gasteiger partial charge in [-0.25, -0.2) is 0 Å². The lowest BCUT2D eigenvalue weighted by atomic mass is 10.2. The van der Waals surface area contributed by atoms with Gasteiger partial charge in [-0.2, -0.15) is 5.26 Å². The Bertz CT molecular complexity index is 126. The molecule has 0 amide bonds. The summed E-state index contributed by atoms with van der Waals surface area (Å²) in [5.74, 6) is 0. The maximum Gasteiger partial charge on any atom is 0.0928 e. The first-order valence-corrected chi connectivity index (χ1v) is 3.06. The minimum Gasteiger partial charge on any atom is -0.378 e. The van der Waals surface area contributed by atoms with Crippen molar-refractivity contribution in [2.45, 2.75) is 19.0 Å². The fourth-order valence-electron chi connectivity index (χ4n) is 0.723. The highest BCUT2D eigenvalue weighted by molar-refractivity contribution is 4.89. The Labute approximate surface area is 54.6 Å². The molecule has 1 fully saturated rings. The van der Waals surface area contributed by atoms with E-state index >= 15 is 0 Å². The van der Waals surface area contributed by atoms with Crippen LogP contribution >= 0.6 is 0 Å². The van der Waals surface area contributed by atoms with Crippen molar-refractivity contribution < 1.29 is 4.74 Å². The van der Waals surface area contributed by atoms with E-state index in [1.807, 2.05) is 6.92 Å². The van der Waals surface area contributed by atoms with Crippen LogP contribution in [0.4, 0.5) is 0 Å². The van der Waals surface area contributed by atoms with Crippen molar-refractivity contribution in [3.8, 4) is 6.07 Å². The molecular weight excluding hydrogens is 116 g/mol. The lowest BCUT2D eigenvalue weighted by molar-refractivity contribution is -0.00680. The van der Waals surface area contributed by atoms with Gasteiger partial charge in [-0.05, 0) is 6.92 Å². The van der Waals surface area contributed by atoms with E-state index in [0.29, 0.717) is 6.04 Å². The van der Waals surface area contributed by atoms with Gasteiger partial charge in [-0.15, -0.1) is 0 Å². The van der Waals surface area contributed by atoms with Gasteiger partial charge in [0.2, 0.25) is 0 Å². The lowest BCUT2D eigenvalue weighted by Gasteiger charge is -2.27. The van der Waals surface area contributed by atoms with Gasteiger partial charge in [0.15, 0.2) is 0 Å². The van der Waals surface area contributed by atoms with Crippen molar-refractivity contribution in [3.05, 3.63) is 0 Å². The van der Waals surface area contributed by atoms with E-state index in [4.69, 9.17) is 10.00 Å². The van der Waals surface area contributed by atoms with Gasteiger partial charge in [-0.3, -0.25) is 5.32 Å². The molecule has 0 spiro atoms. The van der Waals surface area contributed by atoms with Crippen LogP contribution in [0.2, 0.25) is 0 Å². The standard InChI is InChI=1S/C6H10N2O/c1-5(2-7)8-6-3-9-4-6/h5-6,8H,3-4H2,1H3. The van der Waals surface area contributed by atoms with Crippen LogP contribution in [0, 0.1) is 11.3 Å². The largest absolute Gasteiger partial charge is 0.378 e. The van der Waals surface area contributed by atoms with Crippen molar-refractivity contribution in [1.29, 1.82) is 5.26 Å². The number of ether oxygens (including phenoxy) is 1. The Morgan fingerprint density at radius 1 is 1.78 bits per heavy atom. The molecule has 0 aromatic rings. The summed E-state index contributed by atoms with van der Waals surface area (Å²) in [5, 5.41) is 11.4. The molecule has 1 N–H and O–H groups in total. The number of hydrogen-bond donors (Lipinski definition) is 1. The van der Waals surface area contributed by atoms with Crippen LogP contribution < -0.4 is 5.32 Å². The van der Waals surface area contributed by atoms with Gasteiger partial charge in [0.25, 0.3) is 0 Å². The quantitative estimate of drug-likeness (QED) is 0.561. The molecule has 1 aliphatic heterocycles. The van der Waals surface area contributed by atoms with Crippen molar-refractivity contribution in [2.75, 3.05) is 13.2 Å². The summed E-state index contributed by atoms with van der Waals surface area (Å²) in [6.07, 6.45) is 0. The third kappa shape index (κ3) is 1.67. The molecule has 0 saturated carbocycles. The predicted octanol–water partition coefficient (Wildman–Crippen LogP) is -0.113. The summed E-state index contributed by atoms with van der Waals surface area (Å²) in [7, 11) is 0. The summed E-state index contributed by atoms with van der Waals surface area (Å²) in [5.41, 5.74) is 0. The maximum absolute atomic E-state index is 8.35. The summed E-state index contributed by atoms with van der Waals surface area (Å²) in [6, 6.07) is 2.47. The average molecular weight is 126 g/mol. The predicted molar refractivity (Wildman–Crippen MR) is 32.8 cm³/mol. The van der Waals surface area contributed by atoms with Crippen LogP contribution in [0.15, 0.2) is 0 Å². The van der Waals surface area contributed by atoms with E-state index in [1.165, 1.54) is 0 Å². The molecule has 0 aromatic carbocycles. The van der Waals surface area contributed by atoms with Gasteiger partial charge >= 0.3 is 0 Å². The van der Waals surface area contributed by atoms with Gasteiger partial charge in [0.1, 0.15) is 0 Å². The van der Waals surface area contributed by atoms with E-state index in [9.17, 15) is 0 Å². The molecule has 0 bridgehead atoms. The third-order valence-electron chi connectivity index (χ3n) is 1.32. The van der Waals surface area contributed by atoms with Crippen molar-refractivity contribution >= 4 is 0 Å². The van der Waals surface area contributed by atoms with Gasteiger partial charge in [0, 0.05) is 0 Å². The molecular formula is C6H10N2O. The zero-order valence-electron chi connectivity index (χ0n) is 5.42. The molecule has 3 heteroatoms. The second-order valence-electron chi connectivity index (χ2n) is 2.25. The highest BCUT2D eigenvalue weighted by Crippen LogP contribution is 1.99. The summed E-state index contributed by atoms with van der Waals surface area (Å²) in [4.78, 5) is 0. The van der Waals surface area contributed by atoms with E-state index in [1.54, 1.807) is 0 Å². The number of nitriles is 1. The Kier molecular flexibility index (Phi) is 2.04. The first-order valence-electron chi connectivity index (χ1n) is 3.06. The van der Waals surface area contributed by atoms with Crippen molar-refractivity contribution in [3.63, 3.8) is 0 Å². The maximum atomic E-state index is 8.35. The molecule has 50 valence electrons. The fraction of sp³-hybridized carbons (Fsp3) is 0.833. The van der Waals surface area contributed by atoms with Crippen LogP contribution in [0.25, 0.3) is 0 Å². The van der Waals surface area contributed by atoms with Crippen LogP contribution in [-0.4, -0.2) is 25.3 Å². The molecule has 0 aromatic heterocycles. The molecule has 0 radical (unpaired) electrons. The number of rotatable bonds is 2. The number of nitrogens with one attached hydrogen (secondary N) is 1. The zero-order valence-corrected chi connectivity index (χ0v) is 5.42. The van der Waals surface area contributed by atoms with E-state index in [-0.39, 0.29) is 6.04 Å². The molecule has 9 heavy (non-hydrogen) atoms. The van der Waals surface area contributed by atoms with Crippen LogP contribution in [0.1, 0.15) is 6.92 Å². The minimum absolute atomic E-state index is 0.0427. The van der Waals surface area contributed by atoms with Crippen molar-refractivity contribution in [1.82, 2.24) is 5.32 Å². The van der Waals surface area contributed by atoms with Gasteiger partial charge in [-0.1, -0.05) is 0 Å². The first-order chi connectivity index (χ1) is 4.33. The second-order valence-corrected chi connectivity index (χ2v) is 2.25. The lowest BCUT2D eigenvalue weighted by Crippen LogP contribution is -2.49. The number of hydrogen-bond acceptors (Lipinski definition) is 3. The van der Waals surface area contributed by atoms with E-state index in [0.717, 1.165) is 13.2 Å². The molecule has 1 heterocycles. The van der Waals surface area contributed by atoms with Gasteiger partial charge < -0.3 is 4.74 Å². The average Bonchev–Trinajstić information content (AvgIpc) is 1.78. The normalized spacial score (nSPS) is 22.2. The second kappa shape index (κ2) is 2.81. The Hall–Kier alpha value is -0.590. The smallest absolute Gasteiger partial charge is 0.0928 e. The molecule has 1 saturated heterocycles. The Morgan fingerprint density at radius 3 is 2.78 bits per heavy atom. The molecule has 3 nitrogen and oxygen atoms in total. The van der Waals surface area contributed by atoms with Crippen LogP contribution in [0.5, 0.6) is 0 Å². The molecule has 1 unspecified atom stereocenters. The molecule has 1 rings (SSSR count). The van der Waals surface area contributed by atoms with E-state index < -0.39 is 0 Å². The zero-order chi connectivity index (χ0) is 6.69. The Balaban J connectivity index is 2.10. The fourth-order valence-corrected chi connectivity index (χ4v) is 0.723. The number of nitrogens with zero attached hydrogens (tertiary/aromatic N) is 1. The molecule has 1 atom stereocenters. The Morgan fingerprint density at radius 2 is 2.44 bits per heavy atom. The van der Waals surface area contributed by atoms with Crippen LogP contribution in [-0.2, 0) is 4.74 Å². The van der Waals surface area contributed by atoms with Crippen molar-refractivity contribution in [2.24, 2.45) is 0 Å². The summed E-state index contributed by atoms with van der Waals surface area (Å²) >= 11 is 0. The monoisotopic (exact) mass is 126 g/mol. The van der Waals surface area contributed by atoms with Crippen LogP contribution in [0.3, 0.4) is 0 Å². The molecule has 0 aliphatic carbocycles. The van der Waals surface area contributed by atoms with Gasteiger partial charge in [0.05, 0.1) is 31.4 Å². The summed E-state index contributed by atoms with van der Waals surface area (Å²) in [6.45, 7) is 3.36. The highest BCUT2D eigenvalue weighted by atomic mass is 16.5. The highest BCUT2D eigenvalue weighted by Gasteiger charge is 2.19. The minimum atomic E-state index is -0.0427. The summed E-state index contributed by atoms with van der Waals surface area (Å²) < 4.78 is 4.91. The first kappa shape index (κ1) is 6.53. The molecule has 1 aliphatic rings.